The molecule has 0 fully saturated rings. The molecular weight excluding hydrogens is 404 g/mol. The predicted molar refractivity (Wildman–Crippen MR) is 125 cm³/mol. The summed E-state index contributed by atoms with van der Waals surface area (Å²) in [4.78, 5) is 15.8. The highest BCUT2D eigenvalue weighted by Gasteiger charge is 2.30. The first kappa shape index (κ1) is 22.5. The lowest BCUT2D eigenvalue weighted by Crippen LogP contribution is -2.29. The molecule has 3 aromatic carbocycles. The Kier molecular flexibility index (Phi) is 7.09. The van der Waals surface area contributed by atoms with Gasteiger partial charge in [-0.15, -0.1) is 6.42 Å². The van der Waals surface area contributed by atoms with Gasteiger partial charge in [0.2, 0.25) is 0 Å². The van der Waals surface area contributed by atoms with Crippen LogP contribution in [0.15, 0.2) is 87.5 Å². The van der Waals surface area contributed by atoms with Crippen molar-refractivity contribution in [1.29, 1.82) is 0 Å². The van der Waals surface area contributed by atoms with Crippen molar-refractivity contribution in [1.82, 2.24) is 0 Å². The Bertz CT molecular complexity index is 1020. The highest BCUT2D eigenvalue weighted by atomic mass is 32.2. The van der Waals surface area contributed by atoms with Gasteiger partial charge in [0.25, 0.3) is 0 Å². The zero-order valence-corrected chi connectivity index (χ0v) is 19.2. The second-order valence-corrected chi connectivity index (χ2v) is 9.76. The quantitative estimate of drug-likeness (QED) is 0.272. The first-order valence-electron chi connectivity index (χ1n) is 10.1. The van der Waals surface area contributed by atoms with Crippen LogP contribution in [0.5, 0.6) is 5.75 Å². The maximum absolute atomic E-state index is 12.1. The van der Waals surface area contributed by atoms with Gasteiger partial charge in [0.1, 0.15) is 5.75 Å². The number of benzene rings is 3. The van der Waals surface area contributed by atoms with Gasteiger partial charge in [-0.25, -0.2) is 4.79 Å². The van der Waals surface area contributed by atoms with Gasteiger partial charge in [0.05, 0.1) is 10.9 Å². The Balaban J connectivity index is 1.89. The van der Waals surface area contributed by atoms with Crippen LogP contribution in [0.3, 0.4) is 0 Å². The Labute approximate surface area is 187 Å². The first-order chi connectivity index (χ1) is 14.8. The summed E-state index contributed by atoms with van der Waals surface area (Å²) in [5.41, 5.74) is 1.00. The van der Waals surface area contributed by atoms with E-state index >= 15 is 0 Å². The molecule has 0 saturated heterocycles. The van der Waals surface area contributed by atoms with Crippen molar-refractivity contribution in [2.24, 2.45) is 0 Å². The topological polar surface area (TPSA) is 35.5 Å². The van der Waals surface area contributed by atoms with Gasteiger partial charge in [-0.05, 0) is 63.1 Å². The number of rotatable bonds is 7. The van der Waals surface area contributed by atoms with Gasteiger partial charge >= 0.3 is 5.97 Å². The molecule has 0 aliphatic carbocycles. The van der Waals surface area contributed by atoms with E-state index in [0.29, 0.717) is 5.75 Å². The molecule has 158 valence electrons. The smallest absolute Gasteiger partial charge is 0.345 e. The predicted octanol–water partition coefficient (Wildman–Crippen LogP) is 5.73. The molecule has 0 aliphatic rings. The summed E-state index contributed by atoms with van der Waals surface area (Å²) in [6, 6.07) is 25.3. The van der Waals surface area contributed by atoms with E-state index in [2.05, 4.69) is 66.6 Å². The van der Waals surface area contributed by atoms with Crippen molar-refractivity contribution in [3.8, 4) is 18.1 Å². The van der Waals surface area contributed by atoms with Crippen molar-refractivity contribution in [3.63, 3.8) is 0 Å². The van der Waals surface area contributed by atoms with Crippen LogP contribution in [-0.2, 0) is 20.4 Å². The molecule has 3 nitrogen and oxygen atoms in total. The number of hydrogen-bond donors (Lipinski definition) is 0. The second kappa shape index (κ2) is 9.76. The molecular formula is C27H27O3S+. The molecule has 0 aromatic heterocycles. The number of terminal acetylenes is 1. The summed E-state index contributed by atoms with van der Waals surface area (Å²) in [5, 5.41) is 0. The minimum absolute atomic E-state index is 0.185. The van der Waals surface area contributed by atoms with Gasteiger partial charge in [0.15, 0.2) is 26.9 Å². The van der Waals surface area contributed by atoms with Gasteiger partial charge in [0, 0.05) is 12.1 Å². The Morgan fingerprint density at radius 2 is 1.39 bits per heavy atom. The number of carbonyl (C=O) groups excluding carboxylic acids is 1. The van der Waals surface area contributed by atoms with Gasteiger partial charge in [-0.1, -0.05) is 42.3 Å². The molecule has 4 heteroatoms. The number of hydrogen-bond acceptors (Lipinski definition) is 3. The lowest BCUT2D eigenvalue weighted by molar-refractivity contribution is -0.154. The van der Waals surface area contributed by atoms with Gasteiger partial charge < -0.3 is 9.47 Å². The van der Waals surface area contributed by atoms with E-state index in [1.54, 1.807) is 13.8 Å². The molecule has 3 aromatic rings. The first-order valence-corrected chi connectivity index (χ1v) is 11.3. The average Bonchev–Trinajstić information content (AvgIpc) is 2.74. The van der Waals surface area contributed by atoms with E-state index in [1.807, 2.05) is 26.0 Å². The lowest BCUT2D eigenvalue weighted by atomic mass is 10.1. The molecule has 0 heterocycles. The average molecular weight is 432 g/mol. The highest BCUT2D eigenvalue weighted by Crippen LogP contribution is 2.35. The van der Waals surface area contributed by atoms with Crippen LogP contribution < -0.4 is 4.74 Å². The molecule has 0 spiro atoms. The fourth-order valence-electron chi connectivity index (χ4n) is 3.25. The van der Waals surface area contributed by atoms with E-state index in [1.165, 1.54) is 14.7 Å². The van der Waals surface area contributed by atoms with Crippen LogP contribution in [0.25, 0.3) is 0 Å². The summed E-state index contributed by atoms with van der Waals surface area (Å²) < 4.78 is 11.1. The number of carbonyl (C=O) groups is 1. The van der Waals surface area contributed by atoms with Crippen molar-refractivity contribution in [2.75, 3.05) is 6.61 Å². The summed E-state index contributed by atoms with van der Waals surface area (Å²) in [7, 11) is -0.240. The van der Waals surface area contributed by atoms with E-state index in [-0.39, 0.29) is 17.5 Å². The Morgan fingerprint density at radius 1 is 0.903 bits per heavy atom. The number of ether oxygens (including phenoxy) is 2. The molecule has 0 amide bonds. The summed E-state index contributed by atoms with van der Waals surface area (Å²) in [5.74, 6) is 2.66. The fourth-order valence-corrected chi connectivity index (χ4v) is 5.52. The third kappa shape index (κ3) is 5.71. The van der Waals surface area contributed by atoms with Crippen LogP contribution in [0.4, 0.5) is 0 Å². The van der Waals surface area contributed by atoms with Crippen LogP contribution in [0, 0.1) is 26.2 Å². The second-order valence-electron chi connectivity index (χ2n) is 7.74. The molecule has 0 bridgehead atoms. The van der Waals surface area contributed by atoms with Crippen LogP contribution in [-0.4, -0.2) is 18.2 Å². The van der Waals surface area contributed by atoms with Crippen molar-refractivity contribution in [3.05, 3.63) is 83.9 Å². The zero-order chi connectivity index (χ0) is 22.4. The third-order valence-electron chi connectivity index (χ3n) is 4.68. The monoisotopic (exact) mass is 431 g/mol. The fraction of sp³-hybridized carbons (Fsp3) is 0.222. The van der Waals surface area contributed by atoms with E-state index in [9.17, 15) is 4.79 Å². The largest absolute Gasteiger partial charge is 0.481 e. The molecule has 0 saturated carbocycles. The van der Waals surface area contributed by atoms with Gasteiger partial charge in [-0.2, -0.15) is 0 Å². The molecule has 0 N–H and O–H groups in total. The highest BCUT2D eigenvalue weighted by molar-refractivity contribution is 7.97. The standard InChI is InChI=1S/C27H27O3S/c1-6-27(4,5)30-25(28)19-29-26-20(2)17-24(18-21(26)3)31(22-13-9-7-10-14-22)23-15-11-8-12-16-23/h1,7-18H,19H2,2-5H3/q+1. The van der Waals surface area contributed by atoms with Crippen molar-refractivity contribution < 1.29 is 14.3 Å². The Hall–Kier alpha value is -3.16. The maximum atomic E-state index is 12.1. The summed E-state index contributed by atoms with van der Waals surface area (Å²) >= 11 is 0. The summed E-state index contributed by atoms with van der Waals surface area (Å²) in [6.45, 7) is 7.16. The van der Waals surface area contributed by atoms with E-state index in [4.69, 9.17) is 15.9 Å². The molecule has 0 radical (unpaired) electrons. The minimum atomic E-state index is -0.950. The molecule has 3 rings (SSSR count). The van der Waals surface area contributed by atoms with Crippen molar-refractivity contribution >= 4 is 16.9 Å². The SMILES string of the molecule is C#CC(C)(C)OC(=O)COc1c(C)cc([S+](c2ccccc2)c2ccccc2)cc1C. The van der Waals surface area contributed by atoms with Crippen LogP contribution in [0.2, 0.25) is 0 Å². The maximum Gasteiger partial charge on any atom is 0.345 e. The molecule has 0 atom stereocenters. The molecule has 0 unspecified atom stereocenters. The van der Waals surface area contributed by atoms with Crippen LogP contribution >= 0.6 is 0 Å². The molecule has 0 aliphatic heterocycles. The Morgan fingerprint density at radius 3 is 1.84 bits per heavy atom. The van der Waals surface area contributed by atoms with E-state index < -0.39 is 11.6 Å². The number of aryl methyl sites for hydroxylation is 2. The summed E-state index contributed by atoms with van der Waals surface area (Å²) in [6.07, 6.45) is 5.38. The zero-order valence-electron chi connectivity index (χ0n) is 18.3. The lowest BCUT2D eigenvalue weighted by Gasteiger charge is -2.19. The number of esters is 1. The normalized spacial score (nSPS) is 11.1. The van der Waals surface area contributed by atoms with Gasteiger partial charge in [-0.3, -0.25) is 0 Å². The third-order valence-corrected chi connectivity index (χ3v) is 6.87. The van der Waals surface area contributed by atoms with Crippen molar-refractivity contribution in [2.45, 2.75) is 48.0 Å². The van der Waals surface area contributed by atoms with E-state index in [0.717, 1.165) is 11.1 Å². The van der Waals surface area contributed by atoms with Crippen LogP contribution in [0.1, 0.15) is 25.0 Å². The molecule has 31 heavy (non-hydrogen) atoms. The minimum Gasteiger partial charge on any atom is -0.481 e.